The summed E-state index contributed by atoms with van der Waals surface area (Å²) >= 11 is 0. The molecule has 0 aliphatic heterocycles. The molecule has 0 heterocycles. The van der Waals surface area contributed by atoms with Crippen molar-refractivity contribution in [2.75, 3.05) is 0 Å². The van der Waals surface area contributed by atoms with Crippen molar-refractivity contribution >= 4 is 0 Å². The molecule has 1 aromatic carbocycles. The van der Waals surface area contributed by atoms with Crippen LogP contribution < -0.4 is 0 Å². The van der Waals surface area contributed by atoms with Crippen molar-refractivity contribution in [3.8, 4) is 0 Å². The Kier molecular flexibility index (Phi) is 4.03. The van der Waals surface area contributed by atoms with Gasteiger partial charge in [0.2, 0.25) is 0 Å². The molecule has 0 aromatic heterocycles. The minimum atomic E-state index is -0.749. The van der Waals surface area contributed by atoms with Crippen LogP contribution in [0.25, 0.3) is 0 Å². The quantitative estimate of drug-likeness (QED) is 0.826. The third-order valence-electron chi connectivity index (χ3n) is 3.29. The van der Waals surface area contributed by atoms with E-state index in [0.717, 1.165) is 5.56 Å². The van der Waals surface area contributed by atoms with Crippen molar-refractivity contribution in [1.29, 1.82) is 0 Å². The third kappa shape index (κ3) is 3.85. The van der Waals surface area contributed by atoms with Crippen LogP contribution in [-0.4, -0.2) is 5.11 Å². The summed E-state index contributed by atoms with van der Waals surface area (Å²) in [5, 5.41) is 9.93. The maximum atomic E-state index is 9.93. The van der Waals surface area contributed by atoms with Gasteiger partial charge in [0, 0.05) is 0 Å². The lowest BCUT2D eigenvalue weighted by molar-refractivity contribution is 0.0785. The average molecular weight is 234 g/mol. The summed E-state index contributed by atoms with van der Waals surface area (Å²) < 4.78 is 0. The fourth-order valence-electron chi connectivity index (χ4n) is 2.47. The van der Waals surface area contributed by atoms with Crippen molar-refractivity contribution in [3.63, 3.8) is 0 Å². The topological polar surface area (TPSA) is 20.2 Å². The van der Waals surface area contributed by atoms with Crippen LogP contribution in [0.3, 0.4) is 0 Å². The van der Waals surface area contributed by atoms with Gasteiger partial charge in [0.25, 0.3) is 0 Å². The van der Waals surface area contributed by atoms with Gasteiger partial charge in [-0.05, 0) is 42.7 Å². The SMILES string of the molecule is CC(C)CC(C)(C)c1ccc(C(C)(C)O)cc1. The molecule has 1 aromatic rings. The van der Waals surface area contributed by atoms with Crippen LogP contribution in [0.2, 0.25) is 0 Å². The minimum Gasteiger partial charge on any atom is -0.386 e. The van der Waals surface area contributed by atoms with Gasteiger partial charge in [-0.15, -0.1) is 0 Å². The van der Waals surface area contributed by atoms with Gasteiger partial charge in [-0.1, -0.05) is 52.0 Å². The van der Waals surface area contributed by atoms with Crippen LogP contribution in [0.5, 0.6) is 0 Å². The molecule has 1 heteroatoms. The van der Waals surface area contributed by atoms with Gasteiger partial charge in [0.1, 0.15) is 0 Å². The van der Waals surface area contributed by atoms with Gasteiger partial charge < -0.3 is 5.11 Å². The van der Waals surface area contributed by atoms with E-state index < -0.39 is 5.60 Å². The van der Waals surface area contributed by atoms with Gasteiger partial charge >= 0.3 is 0 Å². The first-order valence-corrected chi connectivity index (χ1v) is 6.46. The van der Waals surface area contributed by atoms with E-state index in [9.17, 15) is 5.11 Å². The van der Waals surface area contributed by atoms with Crippen LogP contribution >= 0.6 is 0 Å². The van der Waals surface area contributed by atoms with E-state index in [4.69, 9.17) is 0 Å². The second-order valence-corrected chi connectivity index (χ2v) is 6.62. The van der Waals surface area contributed by atoms with Crippen LogP contribution in [0, 0.1) is 5.92 Å². The Hall–Kier alpha value is -0.820. The third-order valence-corrected chi connectivity index (χ3v) is 3.29. The minimum absolute atomic E-state index is 0.201. The molecule has 0 spiro atoms. The monoisotopic (exact) mass is 234 g/mol. The first-order chi connectivity index (χ1) is 7.63. The molecular formula is C16H26O. The first kappa shape index (κ1) is 14.2. The standard InChI is InChI=1S/C16H26O/c1-12(2)11-15(3,4)13-7-9-14(10-8-13)16(5,6)17/h7-10,12,17H,11H2,1-6H3. The lowest BCUT2D eigenvalue weighted by Gasteiger charge is -2.28. The van der Waals surface area contributed by atoms with E-state index in [1.165, 1.54) is 12.0 Å². The second kappa shape index (κ2) is 4.81. The highest BCUT2D eigenvalue weighted by atomic mass is 16.3. The van der Waals surface area contributed by atoms with Crippen LogP contribution in [0.1, 0.15) is 59.1 Å². The molecule has 96 valence electrons. The molecule has 0 radical (unpaired) electrons. The summed E-state index contributed by atoms with van der Waals surface area (Å²) in [4.78, 5) is 0. The molecule has 0 fully saturated rings. The molecular weight excluding hydrogens is 208 g/mol. The van der Waals surface area contributed by atoms with Crippen molar-refractivity contribution in [3.05, 3.63) is 35.4 Å². The molecule has 0 bridgehead atoms. The van der Waals surface area contributed by atoms with E-state index in [-0.39, 0.29) is 5.41 Å². The van der Waals surface area contributed by atoms with Gasteiger partial charge in [0.05, 0.1) is 5.60 Å². The predicted octanol–water partition coefficient (Wildman–Crippen LogP) is 4.24. The summed E-state index contributed by atoms with van der Waals surface area (Å²) in [5.41, 5.74) is 1.77. The molecule has 1 N–H and O–H groups in total. The van der Waals surface area contributed by atoms with Crippen LogP contribution in [-0.2, 0) is 11.0 Å². The molecule has 0 unspecified atom stereocenters. The van der Waals surface area contributed by atoms with Gasteiger partial charge in [-0.2, -0.15) is 0 Å². The van der Waals surface area contributed by atoms with E-state index in [2.05, 4.69) is 39.8 Å². The highest BCUT2D eigenvalue weighted by Crippen LogP contribution is 2.31. The largest absolute Gasteiger partial charge is 0.386 e. The van der Waals surface area contributed by atoms with Crippen molar-refractivity contribution < 1.29 is 5.11 Å². The Morgan fingerprint density at radius 3 is 1.71 bits per heavy atom. The zero-order valence-electron chi connectivity index (χ0n) is 12.0. The fraction of sp³-hybridized carbons (Fsp3) is 0.625. The average Bonchev–Trinajstić information content (AvgIpc) is 2.14. The molecule has 1 nitrogen and oxygen atoms in total. The maximum absolute atomic E-state index is 9.93. The Bertz CT molecular complexity index is 352. The molecule has 0 saturated carbocycles. The summed E-state index contributed by atoms with van der Waals surface area (Å²) in [6.45, 7) is 12.7. The van der Waals surface area contributed by atoms with Crippen molar-refractivity contribution in [2.24, 2.45) is 5.92 Å². The molecule has 0 saturated heterocycles. The fourth-order valence-corrected chi connectivity index (χ4v) is 2.47. The molecule has 0 atom stereocenters. The Balaban J connectivity index is 2.94. The Morgan fingerprint density at radius 1 is 0.941 bits per heavy atom. The smallest absolute Gasteiger partial charge is 0.0840 e. The maximum Gasteiger partial charge on any atom is 0.0840 e. The zero-order chi connectivity index (χ0) is 13.3. The predicted molar refractivity (Wildman–Crippen MR) is 74.2 cm³/mol. The summed E-state index contributed by atoms with van der Waals surface area (Å²) in [6, 6.07) is 8.38. The van der Waals surface area contributed by atoms with Gasteiger partial charge in [-0.25, -0.2) is 0 Å². The second-order valence-electron chi connectivity index (χ2n) is 6.62. The van der Waals surface area contributed by atoms with E-state index in [0.29, 0.717) is 5.92 Å². The van der Waals surface area contributed by atoms with Crippen molar-refractivity contribution in [2.45, 2.75) is 59.0 Å². The van der Waals surface area contributed by atoms with Gasteiger partial charge in [0.15, 0.2) is 0 Å². The summed E-state index contributed by atoms with van der Waals surface area (Å²) in [6.07, 6.45) is 1.18. The van der Waals surface area contributed by atoms with Crippen LogP contribution in [0.15, 0.2) is 24.3 Å². The number of benzene rings is 1. The summed E-state index contributed by atoms with van der Waals surface area (Å²) in [7, 11) is 0. The normalized spacial score (nSPS) is 13.2. The molecule has 0 aliphatic rings. The zero-order valence-corrected chi connectivity index (χ0v) is 12.0. The molecule has 0 aliphatic carbocycles. The molecule has 1 rings (SSSR count). The lowest BCUT2D eigenvalue weighted by atomic mass is 9.77. The van der Waals surface area contributed by atoms with Crippen LogP contribution in [0.4, 0.5) is 0 Å². The van der Waals surface area contributed by atoms with E-state index in [1.807, 2.05) is 26.0 Å². The Morgan fingerprint density at radius 2 is 1.35 bits per heavy atom. The lowest BCUT2D eigenvalue weighted by Crippen LogP contribution is -2.21. The number of hydrogen-bond donors (Lipinski definition) is 1. The molecule has 17 heavy (non-hydrogen) atoms. The summed E-state index contributed by atoms with van der Waals surface area (Å²) in [5.74, 6) is 0.693. The first-order valence-electron chi connectivity index (χ1n) is 6.46. The Labute approximate surface area is 106 Å². The van der Waals surface area contributed by atoms with Crippen molar-refractivity contribution in [1.82, 2.24) is 0 Å². The highest BCUT2D eigenvalue weighted by Gasteiger charge is 2.23. The number of hydrogen-bond acceptors (Lipinski definition) is 1. The van der Waals surface area contributed by atoms with E-state index in [1.54, 1.807) is 0 Å². The number of rotatable bonds is 4. The van der Waals surface area contributed by atoms with Gasteiger partial charge in [-0.3, -0.25) is 0 Å². The van der Waals surface area contributed by atoms with E-state index >= 15 is 0 Å². The number of aliphatic hydroxyl groups is 1. The molecule has 0 amide bonds. The highest BCUT2D eigenvalue weighted by molar-refractivity contribution is 5.30.